The Hall–Kier alpha value is -2.57. The van der Waals surface area contributed by atoms with Crippen LogP contribution in [0.4, 0.5) is 0 Å². The summed E-state index contributed by atoms with van der Waals surface area (Å²) < 4.78 is 1.93. The van der Waals surface area contributed by atoms with Gasteiger partial charge in [0.15, 0.2) is 11.0 Å². The number of nitrogens with one attached hydrogen (secondary N) is 1. The highest BCUT2D eigenvalue weighted by Gasteiger charge is 2.15. The van der Waals surface area contributed by atoms with E-state index in [0.717, 1.165) is 12.0 Å². The number of hydrogen-bond donors (Lipinski definition) is 1. The van der Waals surface area contributed by atoms with E-state index in [2.05, 4.69) is 34.2 Å². The highest BCUT2D eigenvalue weighted by Crippen LogP contribution is 2.25. The lowest BCUT2D eigenvalue weighted by molar-refractivity contribution is -0.118. The zero-order valence-electron chi connectivity index (χ0n) is 15.3. The van der Waals surface area contributed by atoms with Crippen molar-refractivity contribution in [1.29, 1.82) is 0 Å². The molecule has 1 heterocycles. The Kier molecular flexibility index (Phi) is 7.28. The van der Waals surface area contributed by atoms with Crippen molar-refractivity contribution in [3.05, 3.63) is 77.8 Å². The van der Waals surface area contributed by atoms with Gasteiger partial charge in [0.2, 0.25) is 5.91 Å². The number of carbonyl (C=O) groups is 1. The fourth-order valence-electron chi connectivity index (χ4n) is 2.70. The van der Waals surface area contributed by atoms with Crippen molar-refractivity contribution in [3.8, 4) is 11.4 Å². The van der Waals surface area contributed by atoms with Crippen LogP contribution in [-0.2, 0) is 17.8 Å². The maximum Gasteiger partial charge on any atom is 0.230 e. The molecule has 1 N–H and O–H groups in total. The molecule has 0 saturated heterocycles. The van der Waals surface area contributed by atoms with Gasteiger partial charge in [-0.05, 0) is 24.1 Å². The summed E-state index contributed by atoms with van der Waals surface area (Å²) >= 11 is 7.45. The van der Waals surface area contributed by atoms with Gasteiger partial charge in [0.25, 0.3) is 0 Å². The van der Waals surface area contributed by atoms with E-state index in [0.29, 0.717) is 29.1 Å². The zero-order chi connectivity index (χ0) is 19.8. The number of nitrogens with zero attached hydrogens (tertiary/aromatic N) is 3. The predicted molar refractivity (Wildman–Crippen MR) is 115 cm³/mol. The number of rotatable bonds is 9. The largest absolute Gasteiger partial charge is 0.355 e. The van der Waals surface area contributed by atoms with Gasteiger partial charge in [0, 0.05) is 23.7 Å². The standard InChI is InChI=1S/C21H21ClN4OS/c1-2-13-26-20(17-9-6-10-18(22)14-17)24-25-21(26)28-15-19(27)23-12-11-16-7-4-3-5-8-16/h2-10,14H,1,11-13,15H2,(H,23,27). The summed E-state index contributed by atoms with van der Waals surface area (Å²) in [7, 11) is 0. The first-order chi connectivity index (χ1) is 13.7. The summed E-state index contributed by atoms with van der Waals surface area (Å²) in [6.07, 6.45) is 2.59. The van der Waals surface area contributed by atoms with Gasteiger partial charge in [0.1, 0.15) is 0 Å². The SMILES string of the molecule is C=CCn1c(SCC(=O)NCCc2ccccc2)nnc1-c1cccc(Cl)c1. The molecule has 1 amide bonds. The average Bonchev–Trinajstić information content (AvgIpc) is 3.10. The van der Waals surface area contributed by atoms with Crippen LogP contribution in [0, 0.1) is 0 Å². The van der Waals surface area contributed by atoms with Crippen LogP contribution < -0.4 is 5.32 Å². The highest BCUT2D eigenvalue weighted by atomic mass is 35.5. The molecule has 5 nitrogen and oxygen atoms in total. The summed E-state index contributed by atoms with van der Waals surface area (Å²) in [5, 5.41) is 12.8. The van der Waals surface area contributed by atoms with Crippen molar-refractivity contribution in [3.63, 3.8) is 0 Å². The van der Waals surface area contributed by atoms with Gasteiger partial charge in [-0.1, -0.05) is 71.9 Å². The second-order valence-corrected chi connectivity index (χ2v) is 7.47. The molecule has 3 rings (SSSR count). The van der Waals surface area contributed by atoms with E-state index in [-0.39, 0.29) is 11.7 Å². The van der Waals surface area contributed by atoms with Gasteiger partial charge in [-0.2, -0.15) is 0 Å². The normalized spacial score (nSPS) is 10.6. The second-order valence-electron chi connectivity index (χ2n) is 6.09. The number of hydrogen-bond acceptors (Lipinski definition) is 4. The van der Waals surface area contributed by atoms with Crippen molar-refractivity contribution >= 4 is 29.3 Å². The number of thioether (sulfide) groups is 1. The molecule has 1 aromatic heterocycles. The van der Waals surface area contributed by atoms with Crippen LogP contribution in [0.5, 0.6) is 0 Å². The maximum absolute atomic E-state index is 12.2. The molecule has 0 atom stereocenters. The maximum atomic E-state index is 12.2. The molecule has 28 heavy (non-hydrogen) atoms. The second kappa shape index (κ2) is 10.1. The molecule has 0 saturated carbocycles. The number of allylic oxidation sites excluding steroid dienone is 1. The number of halogens is 1. The Morgan fingerprint density at radius 3 is 2.75 bits per heavy atom. The fourth-order valence-corrected chi connectivity index (χ4v) is 3.67. The van der Waals surface area contributed by atoms with Crippen LogP contribution in [0.1, 0.15) is 5.56 Å². The first-order valence-electron chi connectivity index (χ1n) is 8.91. The topological polar surface area (TPSA) is 59.8 Å². The average molecular weight is 413 g/mol. The molecule has 0 aliphatic rings. The lowest BCUT2D eigenvalue weighted by atomic mass is 10.1. The zero-order valence-corrected chi connectivity index (χ0v) is 16.9. The lowest BCUT2D eigenvalue weighted by Crippen LogP contribution is -2.27. The van der Waals surface area contributed by atoms with Gasteiger partial charge in [0.05, 0.1) is 5.75 Å². The summed E-state index contributed by atoms with van der Waals surface area (Å²) in [6, 6.07) is 17.5. The van der Waals surface area contributed by atoms with Gasteiger partial charge in [-0.25, -0.2) is 0 Å². The Balaban J connectivity index is 1.59. The third-order valence-corrected chi connectivity index (χ3v) is 5.22. The van der Waals surface area contributed by atoms with Crippen molar-refractivity contribution in [2.45, 2.75) is 18.1 Å². The van der Waals surface area contributed by atoms with Crippen molar-refractivity contribution in [1.82, 2.24) is 20.1 Å². The van der Waals surface area contributed by atoms with Crippen LogP contribution in [0.15, 0.2) is 72.4 Å². The number of carbonyl (C=O) groups excluding carboxylic acids is 1. The third kappa shape index (κ3) is 5.47. The first kappa shape index (κ1) is 20.2. The third-order valence-electron chi connectivity index (χ3n) is 4.02. The van der Waals surface area contributed by atoms with Gasteiger partial charge >= 0.3 is 0 Å². The Morgan fingerprint density at radius 2 is 2.00 bits per heavy atom. The molecule has 0 bridgehead atoms. The Labute approximate surface area is 173 Å². The van der Waals surface area contributed by atoms with Crippen LogP contribution >= 0.6 is 23.4 Å². The number of amides is 1. The Bertz CT molecular complexity index is 943. The molecule has 3 aromatic rings. The summed E-state index contributed by atoms with van der Waals surface area (Å²) in [5.41, 5.74) is 2.08. The molecule has 0 radical (unpaired) electrons. The van der Waals surface area contributed by atoms with E-state index in [4.69, 9.17) is 11.6 Å². The van der Waals surface area contributed by atoms with Crippen molar-refractivity contribution < 1.29 is 4.79 Å². The quantitative estimate of drug-likeness (QED) is 0.422. The van der Waals surface area contributed by atoms with Gasteiger partial charge in [-0.15, -0.1) is 16.8 Å². The van der Waals surface area contributed by atoms with Gasteiger partial charge in [-0.3, -0.25) is 9.36 Å². The number of benzene rings is 2. The monoisotopic (exact) mass is 412 g/mol. The number of aromatic nitrogens is 3. The minimum Gasteiger partial charge on any atom is -0.355 e. The Morgan fingerprint density at radius 1 is 1.18 bits per heavy atom. The van der Waals surface area contributed by atoms with Gasteiger partial charge < -0.3 is 5.32 Å². The van der Waals surface area contributed by atoms with E-state index in [1.165, 1.54) is 17.3 Å². The molecule has 144 valence electrons. The minimum absolute atomic E-state index is 0.0293. The molecule has 0 aliphatic carbocycles. The predicted octanol–water partition coefficient (Wildman–Crippen LogP) is 4.24. The molecular formula is C21H21ClN4OS. The highest BCUT2D eigenvalue weighted by molar-refractivity contribution is 7.99. The van der Waals surface area contributed by atoms with E-state index < -0.39 is 0 Å². The molecule has 7 heteroatoms. The molecule has 0 fully saturated rings. The molecule has 0 aliphatic heterocycles. The molecule has 0 spiro atoms. The minimum atomic E-state index is -0.0293. The van der Waals surface area contributed by atoms with E-state index in [1.807, 2.05) is 47.0 Å². The summed E-state index contributed by atoms with van der Waals surface area (Å²) in [4.78, 5) is 12.2. The van der Waals surface area contributed by atoms with Crippen LogP contribution in [0.2, 0.25) is 5.02 Å². The molecule has 2 aromatic carbocycles. The van der Waals surface area contributed by atoms with Crippen LogP contribution in [0.3, 0.4) is 0 Å². The van der Waals surface area contributed by atoms with Crippen LogP contribution in [-0.4, -0.2) is 33.0 Å². The molecular weight excluding hydrogens is 392 g/mol. The first-order valence-corrected chi connectivity index (χ1v) is 10.3. The summed E-state index contributed by atoms with van der Waals surface area (Å²) in [6.45, 7) is 4.96. The van der Waals surface area contributed by atoms with Crippen molar-refractivity contribution in [2.75, 3.05) is 12.3 Å². The smallest absolute Gasteiger partial charge is 0.230 e. The molecule has 0 unspecified atom stereocenters. The van der Waals surface area contributed by atoms with Crippen LogP contribution in [0.25, 0.3) is 11.4 Å². The lowest BCUT2D eigenvalue weighted by Gasteiger charge is -2.08. The summed E-state index contributed by atoms with van der Waals surface area (Å²) in [5.74, 6) is 0.951. The van der Waals surface area contributed by atoms with E-state index >= 15 is 0 Å². The van der Waals surface area contributed by atoms with Crippen molar-refractivity contribution in [2.24, 2.45) is 0 Å². The van der Waals surface area contributed by atoms with E-state index in [9.17, 15) is 4.79 Å². The fraction of sp³-hybridized carbons (Fsp3) is 0.190. The van der Waals surface area contributed by atoms with E-state index in [1.54, 1.807) is 6.08 Å².